The van der Waals surface area contributed by atoms with Gasteiger partial charge in [0.05, 0.1) is 12.2 Å². The highest BCUT2D eigenvalue weighted by molar-refractivity contribution is 6.08. The zero-order valence-corrected chi connectivity index (χ0v) is 19.1. The third-order valence-corrected chi connectivity index (χ3v) is 4.82. The number of benzene rings is 3. The molecule has 0 aliphatic rings. The van der Waals surface area contributed by atoms with Crippen LogP contribution in [0.25, 0.3) is 6.08 Å². The minimum Gasteiger partial charge on any atom is -0.465 e. The Hall–Kier alpha value is -4.72. The standard InChI is InChI=1S/C27H25N3O5/c1-2-34-25(31)18-30(22-6-4-3-5-7-22)26(32)20-11-13-21(14-12-20)27(33)35-23-15-8-19(9-16-23)10-17-24(28)29/h3-17H,2,18H2,1H3,(H3,28,29)/b17-10+. The van der Waals surface area contributed by atoms with Crippen LogP contribution in [0.15, 0.2) is 84.9 Å². The van der Waals surface area contributed by atoms with Crippen LogP contribution in [0.3, 0.4) is 0 Å². The highest BCUT2D eigenvalue weighted by Gasteiger charge is 2.22. The van der Waals surface area contributed by atoms with Gasteiger partial charge in [-0.2, -0.15) is 0 Å². The Kier molecular flexibility index (Phi) is 8.50. The normalized spacial score (nSPS) is 10.5. The molecule has 0 spiro atoms. The van der Waals surface area contributed by atoms with Crippen LogP contribution in [-0.4, -0.2) is 36.8 Å². The summed E-state index contributed by atoms with van der Waals surface area (Å²) < 4.78 is 10.4. The summed E-state index contributed by atoms with van der Waals surface area (Å²) in [4.78, 5) is 39.1. The van der Waals surface area contributed by atoms with Crippen molar-refractivity contribution in [2.24, 2.45) is 5.73 Å². The predicted molar refractivity (Wildman–Crippen MR) is 134 cm³/mol. The number of rotatable bonds is 9. The van der Waals surface area contributed by atoms with Crippen LogP contribution in [0.1, 0.15) is 33.2 Å². The molecule has 0 bridgehead atoms. The van der Waals surface area contributed by atoms with Gasteiger partial charge >= 0.3 is 11.9 Å². The van der Waals surface area contributed by atoms with Crippen LogP contribution in [0.2, 0.25) is 0 Å². The third kappa shape index (κ3) is 7.13. The van der Waals surface area contributed by atoms with Gasteiger partial charge in [-0.1, -0.05) is 36.4 Å². The minimum absolute atomic E-state index is 0.0600. The molecule has 0 fully saturated rings. The van der Waals surface area contributed by atoms with Gasteiger partial charge in [-0.05, 0) is 67.1 Å². The second kappa shape index (κ2) is 11.9. The van der Waals surface area contributed by atoms with E-state index in [1.165, 1.54) is 35.2 Å². The van der Waals surface area contributed by atoms with E-state index in [1.807, 2.05) is 6.07 Å². The number of carbonyl (C=O) groups is 3. The quantitative estimate of drug-likeness (QED) is 0.210. The maximum Gasteiger partial charge on any atom is 0.343 e. The number of esters is 2. The first-order chi connectivity index (χ1) is 16.9. The molecular formula is C27H25N3O5. The van der Waals surface area contributed by atoms with Gasteiger partial charge in [-0.25, -0.2) is 4.79 Å². The lowest BCUT2D eigenvalue weighted by Crippen LogP contribution is -2.36. The monoisotopic (exact) mass is 471 g/mol. The average molecular weight is 472 g/mol. The SMILES string of the molecule is CCOC(=O)CN(C(=O)c1ccc(C(=O)Oc2ccc(/C=C/C(=N)N)cc2)cc1)c1ccccc1. The van der Waals surface area contributed by atoms with Crippen molar-refractivity contribution in [2.75, 3.05) is 18.1 Å². The molecule has 3 aromatic rings. The van der Waals surface area contributed by atoms with E-state index in [-0.39, 0.29) is 24.6 Å². The van der Waals surface area contributed by atoms with Gasteiger partial charge in [-0.3, -0.25) is 19.9 Å². The lowest BCUT2D eigenvalue weighted by Gasteiger charge is -2.22. The molecule has 0 saturated heterocycles. The summed E-state index contributed by atoms with van der Waals surface area (Å²) in [5.74, 6) is -1.22. The fraction of sp³-hybridized carbons (Fsp3) is 0.111. The lowest BCUT2D eigenvalue weighted by molar-refractivity contribution is -0.141. The molecule has 0 atom stereocenters. The fourth-order valence-electron chi connectivity index (χ4n) is 3.13. The van der Waals surface area contributed by atoms with Gasteiger partial charge < -0.3 is 15.2 Å². The second-order valence-corrected chi connectivity index (χ2v) is 7.36. The highest BCUT2D eigenvalue weighted by Crippen LogP contribution is 2.19. The number of hydrogen-bond acceptors (Lipinski definition) is 6. The molecule has 35 heavy (non-hydrogen) atoms. The Morgan fingerprint density at radius 1 is 0.914 bits per heavy atom. The molecule has 3 N–H and O–H groups in total. The molecule has 3 aromatic carbocycles. The van der Waals surface area contributed by atoms with Crippen molar-refractivity contribution in [3.05, 3.63) is 102 Å². The number of nitrogens with two attached hydrogens (primary N) is 1. The molecule has 0 unspecified atom stereocenters. The molecule has 0 saturated carbocycles. The minimum atomic E-state index is -0.581. The van der Waals surface area contributed by atoms with Gasteiger partial charge in [0.25, 0.3) is 5.91 Å². The molecule has 0 radical (unpaired) electrons. The second-order valence-electron chi connectivity index (χ2n) is 7.36. The summed E-state index contributed by atoms with van der Waals surface area (Å²) in [5, 5.41) is 7.21. The number of amidine groups is 1. The van der Waals surface area contributed by atoms with Crippen LogP contribution in [0, 0.1) is 5.41 Å². The van der Waals surface area contributed by atoms with Crippen LogP contribution < -0.4 is 15.4 Å². The fourth-order valence-corrected chi connectivity index (χ4v) is 3.13. The Bertz CT molecular complexity index is 1220. The number of amides is 1. The number of para-hydroxylation sites is 1. The summed E-state index contributed by atoms with van der Waals surface area (Å²) in [7, 11) is 0. The first-order valence-electron chi connectivity index (χ1n) is 10.8. The number of ether oxygens (including phenoxy) is 2. The number of nitrogens with one attached hydrogen (secondary N) is 1. The van der Waals surface area contributed by atoms with Gasteiger partial charge in [0.1, 0.15) is 18.1 Å². The van der Waals surface area contributed by atoms with E-state index in [1.54, 1.807) is 61.5 Å². The van der Waals surface area contributed by atoms with Gasteiger partial charge in [0.15, 0.2) is 0 Å². The Balaban J connectivity index is 1.71. The van der Waals surface area contributed by atoms with Crippen LogP contribution >= 0.6 is 0 Å². The molecule has 178 valence electrons. The van der Waals surface area contributed by atoms with Gasteiger partial charge in [-0.15, -0.1) is 0 Å². The van der Waals surface area contributed by atoms with Crippen LogP contribution in [0.4, 0.5) is 5.69 Å². The summed E-state index contributed by atoms with van der Waals surface area (Å²) in [6.07, 6.45) is 3.12. The molecule has 0 aliphatic heterocycles. The summed E-state index contributed by atoms with van der Waals surface area (Å²) in [6.45, 7) is 1.67. The van der Waals surface area contributed by atoms with Crippen molar-refractivity contribution in [1.82, 2.24) is 0 Å². The van der Waals surface area contributed by atoms with Gasteiger partial charge in [0, 0.05) is 11.3 Å². The van der Waals surface area contributed by atoms with E-state index < -0.39 is 17.8 Å². The lowest BCUT2D eigenvalue weighted by atomic mass is 10.1. The first-order valence-corrected chi connectivity index (χ1v) is 10.8. The van der Waals surface area contributed by atoms with E-state index in [0.717, 1.165) is 5.56 Å². The van der Waals surface area contributed by atoms with Crippen molar-refractivity contribution >= 4 is 35.4 Å². The third-order valence-electron chi connectivity index (χ3n) is 4.82. The summed E-state index contributed by atoms with van der Waals surface area (Å²) >= 11 is 0. The number of nitrogens with zero attached hydrogens (tertiary/aromatic N) is 1. The molecule has 8 nitrogen and oxygen atoms in total. The van der Waals surface area contributed by atoms with Crippen molar-refractivity contribution in [3.63, 3.8) is 0 Å². The molecule has 0 aromatic heterocycles. The number of carbonyl (C=O) groups excluding carboxylic acids is 3. The highest BCUT2D eigenvalue weighted by atomic mass is 16.5. The maximum absolute atomic E-state index is 13.2. The molecular weight excluding hydrogens is 446 g/mol. The first kappa shape index (κ1) is 24.9. The van der Waals surface area contributed by atoms with E-state index in [4.69, 9.17) is 20.6 Å². The zero-order valence-electron chi connectivity index (χ0n) is 19.1. The van der Waals surface area contributed by atoms with Gasteiger partial charge in [0.2, 0.25) is 0 Å². The van der Waals surface area contributed by atoms with Crippen molar-refractivity contribution in [2.45, 2.75) is 6.92 Å². The van der Waals surface area contributed by atoms with E-state index in [2.05, 4.69) is 0 Å². The smallest absolute Gasteiger partial charge is 0.343 e. The predicted octanol–water partition coefficient (Wildman–Crippen LogP) is 4.06. The molecule has 0 aliphatic carbocycles. The Morgan fingerprint density at radius 2 is 1.54 bits per heavy atom. The van der Waals surface area contributed by atoms with E-state index >= 15 is 0 Å². The summed E-state index contributed by atoms with van der Waals surface area (Å²) in [6, 6.07) is 21.5. The molecule has 0 heterocycles. The topological polar surface area (TPSA) is 123 Å². The van der Waals surface area contributed by atoms with Crippen LogP contribution in [0.5, 0.6) is 5.75 Å². The summed E-state index contributed by atoms with van der Waals surface area (Å²) in [5.41, 5.74) is 7.21. The largest absolute Gasteiger partial charge is 0.465 e. The van der Waals surface area contributed by atoms with Crippen molar-refractivity contribution in [1.29, 1.82) is 5.41 Å². The number of hydrogen-bond donors (Lipinski definition) is 2. The maximum atomic E-state index is 13.2. The number of anilines is 1. The Labute approximate surface area is 203 Å². The van der Waals surface area contributed by atoms with Crippen molar-refractivity contribution in [3.8, 4) is 5.75 Å². The van der Waals surface area contributed by atoms with Crippen molar-refractivity contribution < 1.29 is 23.9 Å². The van der Waals surface area contributed by atoms with Crippen LogP contribution in [-0.2, 0) is 9.53 Å². The van der Waals surface area contributed by atoms with E-state index in [0.29, 0.717) is 17.0 Å². The molecule has 3 rings (SSSR count). The van der Waals surface area contributed by atoms with E-state index in [9.17, 15) is 14.4 Å². The molecule has 1 amide bonds. The Morgan fingerprint density at radius 3 is 2.14 bits per heavy atom. The zero-order chi connectivity index (χ0) is 25.2. The average Bonchev–Trinajstić information content (AvgIpc) is 2.87. The molecule has 8 heteroatoms.